The molecule has 3 heterocycles. The highest BCUT2D eigenvalue weighted by molar-refractivity contribution is 6.26. The van der Waals surface area contributed by atoms with Gasteiger partial charge in [0.15, 0.2) is 17.5 Å². The van der Waals surface area contributed by atoms with Gasteiger partial charge in [-0.15, -0.1) is 0 Å². The Morgan fingerprint density at radius 3 is 1.56 bits per heavy atom. The SMILES string of the molecule is c1ccc(-c2ccc3c(c2)c2ccccc2n3-c2cc3c4ccccc4c4ccccc4c3cc2-c2nc(-c3ccccc3)nc(-c3cccc4oc5ccccc5c34)n2)cc1. The number of fused-ring (bicyclic) bond motifs is 12. The Bertz CT molecular complexity index is 3920. The molecule has 0 amide bonds. The van der Waals surface area contributed by atoms with Crippen LogP contribution in [0.4, 0.5) is 0 Å². The molecule has 0 atom stereocenters. The van der Waals surface area contributed by atoms with Crippen molar-refractivity contribution in [2.24, 2.45) is 0 Å². The normalized spacial score (nSPS) is 11.9. The number of para-hydroxylation sites is 2. The molecule has 0 N–H and O–H groups in total. The molecule has 0 unspecified atom stereocenters. The lowest BCUT2D eigenvalue weighted by atomic mass is 9.92. The molecule has 0 aliphatic carbocycles. The summed E-state index contributed by atoms with van der Waals surface area (Å²) in [5.41, 5.74) is 9.85. The minimum absolute atomic E-state index is 0.579. The molecule has 0 saturated carbocycles. The molecule has 13 aromatic rings. The quantitative estimate of drug-likeness (QED) is 0.163. The zero-order valence-corrected chi connectivity index (χ0v) is 33.3. The van der Waals surface area contributed by atoms with Gasteiger partial charge >= 0.3 is 0 Å². The molecule has 3 aromatic heterocycles. The fourth-order valence-corrected chi connectivity index (χ4v) is 9.64. The van der Waals surface area contributed by atoms with Crippen LogP contribution >= 0.6 is 0 Å². The van der Waals surface area contributed by atoms with Crippen LogP contribution in [0.1, 0.15) is 0 Å². The summed E-state index contributed by atoms with van der Waals surface area (Å²) >= 11 is 0. The summed E-state index contributed by atoms with van der Waals surface area (Å²) in [7, 11) is 0. The van der Waals surface area contributed by atoms with Gasteiger partial charge in [-0.1, -0.05) is 164 Å². The van der Waals surface area contributed by atoms with E-state index in [1.54, 1.807) is 0 Å². The largest absolute Gasteiger partial charge is 0.456 e. The number of rotatable bonds is 5. The van der Waals surface area contributed by atoms with Gasteiger partial charge in [0.25, 0.3) is 0 Å². The van der Waals surface area contributed by atoms with Crippen LogP contribution in [0, 0.1) is 0 Å². The summed E-state index contributed by atoms with van der Waals surface area (Å²) in [6.45, 7) is 0. The first kappa shape index (κ1) is 34.5. The van der Waals surface area contributed by atoms with Crippen LogP contribution in [-0.2, 0) is 0 Å². The molecule has 5 heteroatoms. The van der Waals surface area contributed by atoms with Gasteiger partial charge in [0.1, 0.15) is 11.2 Å². The van der Waals surface area contributed by atoms with Crippen LogP contribution in [0.25, 0.3) is 127 Å². The zero-order chi connectivity index (χ0) is 40.7. The summed E-state index contributed by atoms with van der Waals surface area (Å²) in [5, 5.41) is 11.5. The number of hydrogen-bond acceptors (Lipinski definition) is 4. The number of furan rings is 1. The van der Waals surface area contributed by atoms with Crippen molar-refractivity contribution in [1.82, 2.24) is 19.5 Å². The van der Waals surface area contributed by atoms with Gasteiger partial charge in [0.05, 0.1) is 16.7 Å². The molecule has 0 aliphatic heterocycles. The molecule has 5 nitrogen and oxygen atoms in total. The lowest BCUT2D eigenvalue weighted by Gasteiger charge is -2.18. The van der Waals surface area contributed by atoms with E-state index >= 15 is 0 Å². The highest BCUT2D eigenvalue weighted by Crippen LogP contribution is 2.44. The number of aromatic nitrogens is 4. The molecular weight excluding hydrogens is 757 g/mol. The Balaban J connectivity index is 1.18. The third kappa shape index (κ3) is 5.25. The smallest absolute Gasteiger partial charge is 0.166 e. The van der Waals surface area contributed by atoms with Gasteiger partial charge in [-0.3, -0.25) is 0 Å². The van der Waals surface area contributed by atoms with Gasteiger partial charge < -0.3 is 8.98 Å². The summed E-state index contributed by atoms with van der Waals surface area (Å²) in [4.78, 5) is 16.1. The lowest BCUT2D eigenvalue weighted by molar-refractivity contribution is 0.669. The van der Waals surface area contributed by atoms with E-state index in [9.17, 15) is 0 Å². The third-order valence-electron chi connectivity index (χ3n) is 12.4. The highest BCUT2D eigenvalue weighted by atomic mass is 16.3. The minimum atomic E-state index is 0.579. The second kappa shape index (κ2) is 13.6. The molecule has 288 valence electrons. The monoisotopic (exact) mass is 790 g/mol. The fraction of sp³-hybridized carbons (Fsp3) is 0. The highest BCUT2D eigenvalue weighted by Gasteiger charge is 2.23. The van der Waals surface area contributed by atoms with E-state index in [2.05, 4.69) is 162 Å². The second-order valence-electron chi connectivity index (χ2n) is 15.9. The summed E-state index contributed by atoms with van der Waals surface area (Å²) in [6, 6.07) is 72.8. The van der Waals surface area contributed by atoms with Crippen molar-refractivity contribution < 1.29 is 4.42 Å². The van der Waals surface area contributed by atoms with Crippen molar-refractivity contribution in [3.8, 4) is 51.0 Å². The molecule has 0 spiro atoms. The van der Waals surface area contributed by atoms with Gasteiger partial charge in [-0.25, -0.2) is 15.0 Å². The maximum atomic E-state index is 6.38. The summed E-state index contributed by atoms with van der Waals surface area (Å²) in [5.74, 6) is 1.76. The Labute approximate surface area is 355 Å². The van der Waals surface area contributed by atoms with Crippen LogP contribution in [-0.4, -0.2) is 19.5 Å². The van der Waals surface area contributed by atoms with E-state index in [0.717, 1.165) is 66.1 Å². The van der Waals surface area contributed by atoms with E-state index in [-0.39, 0.29) is 0 Å². The van der Waals surface area contributed by atoms with Gasteiger partial charge in [0, 0.05) is 38.2 Å². The van der Waals surface area contributed by atoms with Crippen LogP contribution in [0.15, 0.2) is 211 Å². The minimum Gasteiger partial charge on any atom is -0.456 e. The Morgan fingerprint density at radius 1 is 0.306 bits per heavy atom. The standard InChI is InChI=1S/C57H34N4O/c1-3-16-35(17-4-1)37-30-31-50-47(32-37)42-24-11-13-27-49(42)61(50)51-34-46-41-23-10-8-21-39(41)38-20-7-9-22-40(38)45(46)33-48(51)57-59-55(36-18-5-2-6-19-36)58-56(60-57)44-26-15-29-53-54(44)43-25-12-14-28-52(43)62-53/h1-34H. The summed E-state index contributed by atoms with van der Waals surface area (Å²) < 4.78 is 8.79. The Kier molecular flexibility index (Phi) is 7.54. The molecule has 0 aliphatic rings. The molecule has 0 radical (unpaired) electrons. The first-order valence-electron chi connectivity index (χ1n) is 20.9. The van der Waals surface area contributed by atoms with Gasteiger partial charge in [-0.05, 0) is 85.9 Å². The average Bonchev–Trinajstić information content (AvgIpc) is 3.90. The van der Waals surface area contributed by atoms with E-state index in [0.29, 0.717) is 17.5 Å². The molecule has 0 fully saturated rings. The van der Waals surface area contributed by atoms with Crippen molar-refractivity contribution in [3.05, 3.63) is 206 Å². The van der Waals surface area contributed by atoms with Crippen LogP contribution < -0.4 is 0 Å². The van der Waals surface area contributed by atoms with Gasteiger partial charge in [-0.2, -0.15) is 0 Å². The van der Waals surface area contributed by atoms with Crippen LogP contribution in [0.5, 0.6) is 0 Å². The van der Waals surface area contributed by atoms with Crippen molar-refractivity contribution in [2.45, 2.75) is 0 Å². The fourth-order valence-electron chi connectivity index (χ4n) is 9.64. The maximum absolute atomic E-state index is 6.38. The molecule has 0 saturated heterocycles. The van der Waals surface area contributed by atoms with Crippen molar-refractivity contribution >= 4 is 76.1 Å². The van der Waals surface area contributed by atoms with E-state index in [1.165, 1.54) is 43.4 Å². The van der Waals surface area contributed by atoms with Crippen LogP contribution in [0.3, 0.4) is 0 Å². The number of hydrogen-bond donors (Lipinski definition) is 0. The van der Waals surface area contributed by atoms with E-state index in [1.807, 2.05) is 48.5 Å². The molecule has 0 bridgehead atoms. The van der Waals surface area contributed by atoms with Crippen LogP contribution in [0.2, 0.25) is 0 Å². The van der Waals surface area contributed by atoms with E-state index < -0.39 is 0 Å². The molecular formula is C57H34N4O. The average molecular weight is 791 g/mol. The van der Waals surface area contributed by atoms with Gasteiger partial charge in [0.2, 0.25) is 0 Å². The molecule has 10 aromatic carbocycles. The van der Waals surface area contributed by atoms with Crippen molar-refractivity contribution in [1.29, 1.82) is 0 Å². The Morgan fingerprint density at radius 2 is 0.839 bits per heavy atom. The lowest BCUT2D eigenvalue weighted by Crippen LogP contribution is -2.04. The topological polar surface area (TPSA) is 56.7 Å². The predicted molar refractivity (Wildman–Crippen MR) is 256 cm³/mol. The van der Waals surface area contributed by atoms with Crippen molar-refractivity contribution in [2.75, 3.05) is 0 Å². The molecule has 13 rings (SSSR count). The number of benzene rings is 10. The summed E-state index contributed by atoms with van der Waals surface area (Å²) in [6.07, 6.45) is 0. The predicted octanol–water partition coefficient (Wildman–Crippen LogP) is 15.0. The van der Waals surface area contributed by atoms with E-state index in [4.69, 9.17) is 19.4 Å². The van der Waals surface area contributed by atoms with Crippen molar-refractivity contribution in [3.63, 3.8) is 0 Å². The third-order valence-corrected chi connectivity index (χ3v) is 12.4. The molecule has 62 heavy (non-hydrogen) atoms. The first-order chi connectivity index (χ1) is 30.7. The maximum Gasteiger partial charge on any atom is 0.166 e. The first-order valence-corrected chi connectivity index (χ1v) is 20.9. The number of nitrogens with zero attached hydrogens (tertiary/aromatic N) is 4. The Hall–Kier alpha value is -8.41. The second-order valence-corrected chi connectivity index (χ2v) is 15.9. The zero-order valence-electron chi connectivity index (χ0n) is 33.3.